The molecule has 0 aliphatic carbocycles. The number of alkyl halides is 1. The van der Waals surface area contributed by atoms with Gasteiger partial charge in [0.1, 0.15) is 5.75 Å². The van der Waals surface area contributed by atoms with E-state index in [-0.39, 0.29) is 10.7 Å². The van der Waals surface area contributed by atoms with Crippen LogP contribution in [-0.4, -0.2) is 37.5 Å². The van der Waals surface area contributed by atoms with Crippen molar-refractivity contribution in [1.29, 1.82) is 0 Å². The lowest BCUT2D eigenvalue weighted by atomic mass is 10.1. The highest BCUT2D eigenvalue weighted by molar-refractivity contribution is 9.09. The number of nitrogens with zero attached hydrogens (tertiary/aromatic N) is 1. The van der Waals surface area contributed by atoms with Gasteiger partial charge in [-0.3, -0.25) is 4.79 Å². The molecule has 1 amide bonds. The van der Waals surface area contributed by atoms with E-state index in [1.165, 1.54) is 14.2 Å². The molecular formula is C13H14BrNO4. The number of hydrogen-bond donors (Lipinski definition) is 0. The van der Waals surface area contributed by atoms with Crippen molar-refractivity contribution in [1.82, 2.24) is 0 Å². The first-order valence-electron chi connectivity index (χ1n) is 5.77. The van der Waals surface area contributed by atoms with Crippen LogP contribution in [0.25, 0.3) is 0 Å². The van der Waals surface area contributed by atoms with Crippen molar-refractivity contribution in [2.75, 3.05) is 25.7 Å². The Morgan fingerprint density at radius 3 is 2.68 bits per heavy atom. The van der Waals surface area contributed by atoms with Gasteiger partial charge in [-0.05, 0) is 12.1 Å². The molecule has 6 heteroatoms. The molecule has 0 saturated carbocycles. The molecule has 2 rings (SSSR count). The minimum Gasteiger partial charge on any atom is -0.497 e. The molecule has 1 aliphatic rings. The first-order chi connectivity index (χ1) is 9.06. The summed E-state index contributed by atoms with van der Waals surface area (Å²) in [7, 11) is 2.85. The van der Waals surface area contributed by atoms with E-state index in [1.54, 1.807) is 23.1 Å². The third kappa shape index (κ3) is 2.73. The fourth-order valence-electron chi connectivity index (χ4n) is 2.04. The number of carbonyl (C=O) groups is 2. The molecule has 1 aliphatic heterocycles. The zero-order valence-corrected chi connectivity index (χ0v) is 12.3. The summed E-state index contributed by atoms with van der Waals surface area (Å²) < 4.78 is 9.89. The van der Waals surface area contributed by atoms with E-state index in [4.69, 9.17) is 9.47 Å². The number of esters is 1. The van der Waals surface area contributed by atoms with Crippen LogP contribution in [0.2, 0.25) is 0 Å². The fraction of sp³-hybridized carbons (Fsp3) is 0.385. The summed E-state index contributed by atoms with van der Waals surface area (Å²) in [5, 5.41) is 0. The summed E-state index contributed by atoms with van der Waals surface area (Å²) in [5.41, 5.74) is 0.886. The van der Waals surface area contributed by atoms with Crippen molar-refractivity contribution in [3.63, 3.8) is 0 Å². The molecule has 1 aromatic rings. The molecule has 19 heavy (non-hydrogen) atoms. The maximum absolute atomic E-state index is 12.0. The third-order valence-electron chi connectivity index (χ3n) is 2.98. The van der Waals surface area contributed by atoms with Crippen LogP contribution in [0, 0.1) is 0 Å². The highest BCUT2D eigenvalue weighted by Gasteiger charge is 2.31. The van der Waals surface area contributed by atoms with Crippen LogP contribution in [-0.2, 0) is 9.53 Å². The predicted octanol–water partition coefficient (Wildman–Crippen LogP) is 1.98. The van der Waals surface area contributed by atoms with E-state index in [0.29, 0.717) is 30.0 Å². The number of ether oxygens (including phenoxy) is 2. The van der Waals surface area contributed by atoms with Crippen LogP contribution in [0.3, 0.4) is 0 Å². The molecule has 0 N–H and O–H groups in total. The third-order valence-corrected chi connectivity index (χ3v) is 3.59. The number of halogens is 1. The summed E-state index contributed by atoms with van der Waals surface area (Å²) in [5.74, 6) is 0.0947. The first-order valence-corrected chi connectivity index (χ1v) is 6.69. The quantitative estimate of drug-likeness (QED) is 0.629. The lowest BCUT2D eigenvalue weighted by molar-refractivity contribution is -0.117. The zero-order valence-electron chi connectivity index (χ0n) is 10.7. The molecule has 0 spiro atoms. The van der Waals surface area contributed by atoms with Crippen molar-refractivity contribution >= 4 is 33.5 Å². The molecule has 1 saturated heterocycles. The summed E-state index contributed by atoms with van der Waals surface area (Å²) in [6.07, 6.45) is 0.415. The van der Waals surface area contributed by atoms with Gasteiger partial charge in [-0.15, -0.1) is 0 Å². The highest BCUT2D eigenvalue weighted by atomic mass is 79.9. The second kappa shape index (κ2) is 5.61. The van der Waals surface area contributed by atoms with Gasteiger partial charge in [0, 0.05) is 23.9 Å². The smallest absolute Gasteiger partial charge is 0.339 e. The van der Waals surface area contributed by atoms with Crippen molar-refractivity contribution < 1.29 is 19.1 Å². The van der Waals surface area contributed by atoms with Gasteiger partial charge in [0.15, 0.2) is 0 Å². The maximum Gasteiger partial charge on any atom is 0.339 e. The van der Waals surface area contributed by atoms with E-state index in [9.17, 15) is 9.59 Å². The Hall–Kier alpha value is -1.56. The topological polar surface area (TPSA) is 55.8 Å². The molecule has 1 heterocycles. The Morgan fingerprint density at radius 1 is 1.42 bits per heavy atom. The van der Waals surface area contributed by atoms with Crippen molar-refractivity contribution in [3.8, 4) is 5.75 Å². The average Bonchev–Trinajstić information content (AvgIpc) is 2.76. The van der Waals surface area contributed by atoms with E-state index < -0.39 is 5.97 Å². The molecule has 1 atom stereocenters. The predicted molar refractivity (Wildman–Crippen MR) is 74.0 cm³/mol. The summed E-state index contributed by atoms with van der Waals surface area (Å²) in [6.45, 7) is 0.524. The van der Waals surface area contributed by atoms with Crippen molar-refractivity contribution in [2.45, 2.75) is 11.2 Å². The van der Waals surface area contributed by atoms with Crippen LogP contribution < -0.4 is 9.64 Å². The largest absolute Gasteiger partial charge is 0.497 e. The number of methoxy groups -OCH3 is 2. The Labute approximate surface area is 119 Å². The first kappa shape index (κ1) is 13.9. The van der Waals surface area contributed by atoms with Gasteiger partial charge in [-0.25, -0.2) is 4.79 Å². The zero-order chi connectivity index (χ0) is 14.0. The van der Waals surface area contributed by atoms with Crippen LogP contribution >= 0.6 is 15.9 Å². The van der Waals surface area contributed by atoms with Crippen molar-refractivity contribution in [3.05, 3.63) is 23.8 Å². The number of carbonyl (C=O) groups excluding carboxylic acids is 2. The second-order valence-electron chi connectivity index (χ2n) is 4.18. The monoisotopic (exact) mass is 327 g/mol. The minimum atomic E-state index is -0.469. The SMILES string of the molecule is COC(=O)c1ccc(OC)cc1N1CC(Br)CC1=O. The summed E-state index contributed by atoms with van der Waals surface area (Å²) in [6, 6.07) is 4.95. The maximum atomic E-state index is 12.0. The molecule has 1 unspecified atom stereocenters. The second-order valence-corrected chi connectivity index (χ2v) is 5.48. The van der Waals surface area contributed by atoms with Crippen LogP contribution in [0.15, 0.2) is 18.2 Å². The molecule has 102 valence electrons. The lowest BCUT2D eigenvalue weighted by Crippen LogP contribution is -2.26. The molecular weight excluding hydrogens is 314 g/mol. The molecule has 1 fully saturated rings. The Balaban J connectivity index is 2.46. The van der Waals surface area contributed by atoms with E-state index in [0.717, 1.165) is 0 Å². The number of rotatable bonds is 3. The number of amides is 1. The van der Waals surface area contributed by atoms with Gasteiger partial charge in [0.2, 0.25) is 5.91 Å². The van der Waals surface area contributed by atoms with Gasteiger partial charge in [-0.2, -0.15) is 0 Å². The average molecular weight is 328 g/mol. The van der Waals surface area contributed by atoms with Gasteiger partial charge < -0.3 is 14.4 Å². The van der Waals surface area contributed by atoms with E-state index in [1.807, 2.05) is 0 Å². The van der Waals surface area contributed by atoms with Gasteiger partial charge in [-0.1, -0.05) is 15.9 Å². The lowest BCUT2D eigenvalue weighted by Gasteiger charge is -2.19. The summed E-state index contributed by atoms with van der Waals surface area (Å²) >= 11 is 3.42. The van der Waals surface area contributed by atoms with Crippen LogP contribution in [0.5, 0.6) is 5.75 Å². The normalized spacial score (nSPS) is 18.6. The number of anilines is 1. The highest BCUT2D eigenvalue weighted by Crippen LogP contribution is 2.31. The molecule has 0 radical (unpaired) electrons. The molecule has 1 aromatic carbocycles. The number of benzene rings is 1. The Morgan fingerprint density at radius 2 is 2.16 bits per heavy atom. The number of hydrogen-bond acceptors (Lipinski definition) is 4. The Kier molecular flexibility index (Phi) is 4.09. The van der Waals surface area contributed by atoms with E-state index >= 15 is 0 Å². The fourth-order valence-corrected chi connectivity index (χ4v) is 2.61. The Bertz CT molecular complexity index is 517. The minimum absolute atomic E-state index is 0.0275. The van der Waals surface area contributed by atoms with E-state index in [2.05, 4.69) is 15.9 Å². The van der Waals surface area contributed by atoms with Gasteiger partial charge >= 0.3 is 5.97 Å². The summed E-state index contributed by atoms with van der Waals surface area (Å²) in [4.78, 5) is 25.4. The van der Waals surface area contributed by atoms with Crippen LogP contribution in [0.1, 0.15) is 16.8 Å². The van der Waals surface area contributed by atoms with Crippen molar-refractivity contribution in [2.24, 2.45) is 0 Å². The molecule has 0 bridgehead atoms. The van der Waals surface area contributed by atoms with Gasteiger partial charge in [0.25, 0.3) is 0 Å². The standard InChI is InChI=1S/C13H14BrNO4/c1-18-9-3-4-10(13(17)19-2)11(6-9)15-7-8(14)5-12(15)16/h3-4,6,8H,5,7H2,1-2H3. The van der Waals surface area contributed by atoms with Gasteiger partial charge in [0.05, 0.1) is 25.5 Å². The molecule has 0 aromatic heterocycles. The molecule has 5 nitrogen and oxygen atoms in total. The van der Waals surface area contributed by atoms with Crippen LogP contribution in [0.4, 0.5) is 5.69 Å².